The lowest BCUT2D eigenvalue weighted by Gasteiger charge is -2.31. The summed E-state index contributed by atoms with van der Waals surface area (Å²) in [5.74, 6) is -0.319. The van der Waals surface area contributed by atoms with Crippen LogP contribution < -0.4 is 5.32 Å². The van der Waals surface area contributed by atoms with Crippen molar-refractivity contribution >= 4 is 17.5 Å². The number of carbonyl (C=O) groups excluding carboxylic acids is 2. The van der Waals surface area contributed by atoms with Crippen LogP contribution in [0, 0.1) is 5.92 Å². The highest BCUT2D eigenvalue weighted by molar-refractivity contribution is 5.94. The molecular formula is C19H20N4O3. The lowest BCUT2D eigenvalue weighted by Crippen LogP contribution is -2.45. The number of hydrogen-bond donors (Lipinski definition) is 1. The first-order valence-electron chi connectivity index (χ1n) is 8.72. The molecule has 1 aliphatic heterocycles. The number of amides is 2. The minimum atomic E-state index is -0.198. The quantitative estimate of drug-likeness (QED) is 0.780. The highest BCUT2D eigenvalue weighted by atomic mass is 16.3. The molecule has 0 aliphatic carbocycles. The van der Waals surface area contributed by atoms with Crippen molar-refractivity contribution in [3.63, 3.8) is 0 Å². The topological polar surface area (TPSA) is 79.9 Å². The Balaban J connectivity index is 1.36. The second-order valence-corrected chi connectivity index (χ2v) is 6.52. The molecule has 1 aliphatic rings. The lowest BCUT2D eigenvalue weighted by molar-refractivity contribution is -0.126. The van der Waals surface area contributed by atoms with Gasteiger partial charge in [-0.2, -0.15) is 0 Å². The van der Waals surface area contributed by atoms with Crippen LogP contribution in [-0.2, 0) is 11.3 Å². The summed E-state index contributed by atoms with van der Waals surface area (Å²) in [4.78, 5) is 31.2. The molecule has 3 aromatic rings. The number of likely N-dealkylation sites (tertiary alicyclic amines) is 1. The Kier molecular flexibility index (Phi) is 4.43. The van der Waals surface area contributed by atoms with Crippen LogP contribution >= 0.6 is 0 Å². The molecule has 4 heterocycles. The Hall–Kier alpha value is -3.09. The van der Waals surface area contributed by atoms with Gasteiger partial charge in [-0.05, 0) is 31.0 Å². The maximum Gasteiger partial charge on any atom is 0.257 e. The van der Waals surface area contributed by atoms with E-state index in [9.17, 15) is 9.59 Å². The molecule has 1 atom stereocenters. The van der Waals surface area contributed by atoms with Crippen molar-refractivity contribution in [3.8, 4) is 0 Å². The molecule has 26 heavy (non-hydrogen) atoms. The molecule has 2 amide bonds. The van der Waals surface area contributed by atoms with Crippen molar-refractivity contribution in [2.45, 2.75) is 19.4 Å². The first kappa shape index (κ1) is 16.4. The van der Waals surface area contributed by atoms with E-state index in [4.69, 9.17) is 4.42 Å². The van der Waals surface area contributed by atoms with Crippen LogP contribution in [0.4, 0.5) is 0 Å². The summed E-state index contributed by atoms with van der Waals surface area (Å²) >= 11 is 0. The van der Waals surface area contributed by atoms with Gasteiger partial charge in [-0.3, -0.25) is 9.59 Å². The average Bonchev–Trinajstić information content (AvgIpc) is 3.35. The summed E-state index contributed by atoms with van der Waals surface area (Å²) in [6.07, 6.45) is 8.35. The number of hydrogen-bond acceptors (Lipinski definition) is 4. The Labute approximate surface area is 150 Å². The smallest absolute Gasteiger partial charge is 0.257 e. The average molecular weight is 352 g/mol. The van der Waals surface area contributed by atoms with Crippen LogP contribution in [0.5, 0.6) is 0 Å². The Morgan fingerprint density at radius 2 is 2.23 bits per heavy atom. The molecule has 7 nitrogen and oxygen atoms in total. The van der Waals surface area contributed by atoms with Gasteiger partial charge in [-0.25, -0.2) is 4.98 Å². The normalized spacial score (nSPS) is 17.4. The lowest BCUT2D eigenvalue weighted by atomic mass is 9.96. The minimum Gasteiger partial charge on any atom is -0.472 e. The van der Waals surface area contributed by atoms with Crippen LogP contribution in [0.25, 0.3) is 5.65 Å². The van der Waals surface area contributed by atoms with Crippen LogP contribution in [0.15, 0.2) is 53.6 Å². The largest absolute Gasteiger partial charge is 0.472 e. The third-order valence-electron chi connectivity index (χ3n) is 4.71. The minimum absolute atomic E-state index is 0.0354. The van der Waals surface area contributed by atoms with Gasteiger partial charge in [0.15, 0.2) is 0 Å². The number of piperidine rings is 1. The number of rotatable bonds is 4. The number of furan rings is 1. The molecule has 0 saturated carbocycles. The van der Waals surface area contributed by atoms with Gasteiger partial charge in [0.05, 0.1) is 30.0 Å². The van der Waals surface area contributed by atoms with Crippen molar-refractivity contribution in [2.75, 3.05) is 13.1 Å². The maximum atomic E-state index is 12.5. The van der Waals surface area contributed by atoms with E-state index in [1.807, 2.05) is 35.0 Å². The Bertz CT molecular complexity index is 883. The van der Waals surface area contributed by atoms with Gasteiger partial charge in [0.1, 0.15) is 11.9 Å². The second-order valence-electron chi connectivity index (χ2n) is 6.52. The molecule has 0 spiro atoms. The van der Waals surface area contributed by atoms with Gasteiger partial charge in [-0.15, -0.1) is 0 Å². The SMILES string of the molecule is O=C(NCc1cn2ccccc2n1)C1CCCN(C(=O)c2ccoc2)C1. The zero-order chi connectivity index (χ0) is 17.9. The predicted octanol–water partition coefficient (Wildman–Crippen LogP) is 2.10. The third-order valence-corrected chi connectivity index (χ3v) is 4.71. The van der Waals surface area contributed by atoms with Gasteiger partial charge in [0.2, 0.25) is 5.91 Å². The van der Waals surface area contributed by atoms with E-state index in [-0.39, 0.29) is 17.7 Å². The van der Waals surface area contributed by atoms with Crippen LogP contribution in [0.2, 0.25) is 0 Å². The van der Waals surface area contributed by atoms with Gasteiger partial charge in [0.25, 0.3) is 5.91 Å². The number of imidazole rings is 1. The highest BCUT2D eigenvalue weighted by Crippen LogP contribution is 2.19. The van der Waals surface area contributed by atoms with Gasteiger partial charge >= 0.3 is 0 Å². The number of aromatic nitrogens is 2. The zero-order valence-corrected chi connectivity index (χ0v) is 14.3. The molecule has 1 unspecified atom stereocenters. The number of pyridine rings is 1. The molecule has 1 N–H and O–H groups in total. The Morgan fingerprint density at radius 3 is 3.04 bits per heavy atom. The molecular weight excluding hydrogens is 332 g/mol. The van der Waals surface area contributed by atoms with E-state index in [1.54, 1.807) is 11.0 Å². The molecule has 1 fully saturated rings. The fourth-order valence-corrected chi connectivity index (χ4v) is 3.34. The molecule has 3 aromatic heterocycles. The van der Waals surface area contributed by atoms with Crippen LogP contribution in [0.3, 0.4) is 0 Å². The third kappa shape index (κ3) is 3.33. The first-order valence-corrected chi connectivity index (χ1v) is 8.72. The molecule has 0 aromatic carbocycles. The molecule has 0 bridgehead atoms. The fraction of sp³-hybridized carbons (Fsp3) is 0.316. The standard InChI is InChI=1S/C19H20N4O3/c24-18(20-10-16-12-22-7-2-1-5-17(22)21-16)14-4-3-8-23(11-14)19(25)15-6-9-26-13-15/h1-2,5-7,9,12-14H,3-4,8,10-11H2,(H,20,24). The summed E-state index contributed by atoms with van der Waals surface area (Å²) < 4.78 is 6.90. The molecule has 7 heteroatoms. The van der Waals surface area contributed by atoms with Gasteiger partial charge in [0, 0.05) is 25.5 Å². The number of fused-ring (bicyclic) bond motifs is 1. The summed E-state index contributed by atoms with van der Waals surface area (Å²) in [7, 11) is 0. The molecule has 134 valence electrons. The number of nitrogens with zero attached hydrogens (tertiary/aromatic N) is 3. The summed E-state index contributed by atoms with van der Waals surface area (Å²) in [6, 6.07) is 7.43. The Morgan fingerprint density at radius 1 is 1.31 bits per heavy atom. The number of carbonyl (C=O) groups is 2. The van der Waals surface area contributed by atoms with Crippen molar-refractivity contribution in [1.82, 2.24) is 19.6 Å². The van der Waals surface area contributed by atoms with E-state index in [2.05, 4.69) is 10.3 Å². The van der Waals surface area contributed by atoms with E-state index in [0.29, 0.717) is 25.2 Å². The second kappa shape index (κ2) is 7.03. The summed E-state index contributed by atoms with van der Waals surface area (Å²) in [5, 5.41) is 2.95. The van der Waals surface area contributed by atoms with E-state index < -0.39 is 0 Å². The van der Waals surface area contributed by atoms with E-state index >= 15 is 0 Å². The van der Waals surface area contributed by atoms with Gasteiger partial charge in [-0.1, -0.05) is 6.07 Å². The zero-order valence-electron chi connectivity index (χ0n) is 14.3. The van der Waals surface area contributed by atoms with Crippen molar-refractivity contribution in [2.24, 2.45) is 5.92 Å². The summed E-state index contributed by atoms with van der Waals surface area (Å²) in [5.41, 5.74) is 2.19. The fourth-order valence-electron chi connectivity index (χ4n) is 3.34. The molecule has 1 saturated heterocycles. The van der Waals surface area contributed by atoms with Crippen molar-refractivity contribution in [1.29, 1.82) is 0 Å². The van der Waals surface area contributed by atoms with E-state index in [1.165, 1.54) is 12.5 Å². The van der Waals surface area contributed by atoms with Gasteiger partial charge < -0.3 is 19.0 Å². The highest BCUT2D eigenvalue weighted by Gasteiger charge is 2.29. The van der Waals surface area contributed by atoms with E-state index in [0.717, 1.165) is 24.2 Å². The monoisotopic (exact) mass is 352 g/mol. The van der Waals surface area contributed by atoms with Crippen LogP contribution in [0.1, 0.15) is 28.9 Å². The predicted molar refractivity (Wildman–Crippen MR) is 94.4 cm³/mol. The first-order chi connectivity index (χ1) is 12.7. The van der Waals surface area contributed by atoms with Crippen LogP contribution in [-0.4, -0.2) is 39.2 Å². The summed E-state index contributed by atoms with van der Waals surface area (Å²) in [6.45, 7) is 1.48. The van der Waals surface area contributed by atoms with Crippen molar-refractivity contribution in [3.05, 3.63) is 60.4 Å². The maximum absolute atomic E-state index is 12.5. The number of nitrogens with one attached hydrogen (secondary N) is 1. The van der Waals surface area contributed by atoms with Crippen molar-refractivity contribution < 1.29 is 14.0 Å². The molecule has 4 rings (SSSR count). The molecule has 0 radical (unpaired) electrons.